The van der Waals surface area contributed by atoms with E-state index in [-0.39, 0.29) is 12.5 Å². The van der Waals surface area contributed by atoms with Crippen LogP contribution >= 0.6 is 11.3 Å². The van der Waals surface area contributed by atoms with Crippen molar-refractivity contribution in [3.8, 4) is 11.5 Å². The van der Waals surface area contributed by atoms with Gasteiger partial charge < -0.3 is 9.47 Å². The molecule has 4 aromatic rings. The van der Waals surface area contributed by atoms with Crippen LogP contribution in [0.25, 0.3) is 10.2 Å². The molecule has 4 rings (SSSR count). The summed E-state index contributed by atoms with van der Waals surface area (Å²) >= 11 is 1.50. The Kier molecular flexibility index (Phi) is 6.43. The summed E-state index contributed by atoms with van der Waals surface area (Å²) in [5, 5.41) is 0.640. The maximum atomic E-state index is 13.2. The number of hydrogen-bond acceptors (Lipinski definition) is 6. The zero-order chi connectivity index (χ0) is 21.6. The lowest BCUT2D eigenvalue weighted by Crippen LogP contribution is -2.34. The number of benzene rings is 2. The Hall–Kier alpha value is -3.45. The van der Waals surface area contributed by atoms with E-state index in [0.29, 0.717) is 23.2 Å². The Morgan fingerprint density at radius 2 is 1.90 bits per heavy atom. The molecule has 0 saturated heterocycles. The number of carbonyl (C=O) groups excluding carboxylic acids is 1. The van der Waals surface area contributed by atoms with Gasteiger partial charge in [-0.1, -0.05) is 42.5 Å². The largest absolute Gasteiger partial charge is 0.497 e. The molecule has 0 unspecified atom stereocenters. The monoisotopic (exact) mass is 433 g/mol. The first kappa shape index (κ1) is 20.8. The van der Waals surface area contributed by atoms with Crippen LogP contribution in [-0.4, -0.2) is 29.6 Å². The summed E-state index contributed by atoms with van der Waals surface area (Å²) in [6.45, 7) is 2.31. The number of hydrogen-bond donors (Lipinski definition) is 0. The average molecular weight is 434 g/mol. The molecule has 2 aromatic heterocycles. The molecule has 0 N–H and O–H groups in total. The van der Waals surface area contributed by atoms with Gasteiger partial charge in [0.05, 0.1) is 29.6 Å². The lowest BCUT2D eigenvalue weighted by Gasteiger charge is -2.19. The standard InChI is InChI=1S/C24H23N3O3S/c1-3-17-8-6-12-21-23(17)26-24(31-21)27(15-18-9-4-5-13-25-18)22(28)16-30-20-11-7-10-19(14-20)29-2/h4-14H,3,15-16H2,1-2H3. The van der Waals surface area contributed by atoms with E-state index in [1.807, 2.05) is 42.5 Å². The summed E-state index contributed by atoms with van der Waals surface area (Å²) in [6.07, 6.45) is 2.60. The third-order valence-corrected chi connectivity index (χ3v) is 5.90. The van der Waals surface area contributed by atoms with Gasteiger partial charge in [0.25, 0.3) is 5.91 Å². The summed E-state index contributed by atoms with van der Waals surface area (Å²) in [7, 11) is 1.59. The zero-order valence-electron chi connectivity index (χ0n) is 17.4. The normalized spacial score (nSPS) is 10.8. The summed E-state index contributed by atoms with van der Waals surface area (Å²) < 4.78 is 12.0. The number of aromatic nitrogens is 2. The van der Waals surface area contributed by atoms with Crippen LogP contribution in [0.3, 0.4) is 0 Å². The second-order valence-corrected chi connectivity index (χ2v) is 7.89. The number of methoxy groups -OCH3 is 1. The van der Waals surface area contributed by atoms with Crippen molar-refractivity contribution >= 4 is 32.6 Å². The molecule has 0 bridgehead atoms. The highest BCUT2D eigenvalue weighted by molar-refractivity contribution is 7.22. The van der Waals surface area contributed by atoms with Crippen molar-refractivity contribution in [1.82, 2.24) is 9.97 Å². The molecule has 0 fully saturated rings. The van der Waals surface area contributed by atoms with Gasteiger partial charge in [-0.3, -0.25) is 14.7 Å². The molecule has 0 aliphatic rings. The summed E-state index contributed by atoms with van der Waals surface area (Å²) in [5.41, 5.74) is 2.89. The lowest BCUT2D eigenvalue weighted by atomic mass is 10.1. The molecule has 2 heterocycles. The van der Waals surface area contributed by atoms with Crippen molar-refractivity contribution in [2.45, 2.75) is 19.9 Å². The number of aryl methyl sites for hydroxylation is 1. The van der Waals surface area contributed by atoms with Crippen molar-refractivity contribution in [3.05, 3.63) is 78.1 Å². The summed E-state index contributed by atoms with van der Waals surface area (Å²) in [4.78, 5) is 24.0. The summed E-state index contributed by atoms with van der Waals surface area (Å²) in [5.74, 6) is 1.06. The molecule has 0 saturated carbocycles. The number of para-hydroxylation sites is 1. The Morgan fingerprint density at radius 1 is 1.06 bits per heavy atom. The van der Waals surface area contributed by atoms with E-state index in [1.165, 1.54) is 11.3 Å². The van der Waals surface area contributed by atoms with Crippen LogP contribution in [0.1, 0.15) is 18.2 Å². The van der Waals surface area contributed by atoms with Crippen LogP contribution in [-0.2, 0) is 17.8 Å². The molecule has 1 amide bonds. The molecule has 0 radical (unpaired) electrons. The summed E-state index contributed by atoms with van der Waals surface area (Å²) in [6, 6.07) is 19.0. The van der Waals surface area contributed by atoms with E-state index in [9.17, 15) is 4.79 Å². The van der Waals surface area contributed by atoms with Crippen molar-refractivity contribution < 1.29 is 14.3 Å². The number of amides is 1. The Morgan fingerprint density at radius 3 is 2.68 bits per heavy atom. The molecular weight excluding hydrogens is 410 g/mol. The number of pyridine rings is 1. The quantitative estimate of drug-likeness (QED) is 0.396. The minimum Gasteiger partial charge on any atom is -0.497 e. The van der Waals surface area contributed by atoms with Crippen LogP contribution in [0.15, 0.2) is 66.9 Å². The Balaban J connectivity index is 1.61. The first-order chi connectivity index (χ1) is 15.2. The molecular formula is C24H23N3O3S. The van der Waals surface area contributed by atoms with Gasteiger partial charge in [-0.15, -0.1) is 0 Å². The van der Waals surface area contributed by atoms with Crippen LogP contribution in [0.5, 0.6) is 11.5 Å². The highest BCUT2D eigenvalue weighted by Crippen LogP contribution is 2.32. The Labute approximate surface area is 185 Å². The Bertz CT molecular complexity index is 1180. The smallest absolute Gasteiger partial charge is 0.267 e. The van der Waals surface area contributed by atoms with Crippen molar-refractivity contribution in [1.29, 1.82) is 0 Å². The molecule has 7 heteroatoms. The number of anilines is 1. The molecule has 6 nitrogen and oxygen atoms in total. The topological polar surface area (TPSA) is 64.6 Å². The van der Waals surface area contributed by atoms with Gasteiger partial charge in [-0.25, -0.2) is 4.98 Å². The second kappa shape index (κ2) is 9.57. The van der Waals surface area contributed by atoms with Crippen LogP contribution in [0, 0.1) is 0 Å². The predicted octanol–water partition coefficient (Wildman–Crippen LogP) is 4.87. The fourth-order valence-electron chi connectivity index (χ4n) is 3.22. The van der Waals surface area contributed by atoms with E-state index in [0.717, 1.165) is 27.9 Å². The third-order valence-electron chi connectivity index (χ3n) is 4.85. The SMILES string of the molecule is CCc1cccc2sc(N(Cc3ccccn3)C(=O)COc3cccc(OC)c3)nc12. The van der Waals surface area contributed by atoms with Crippen LogP contribution in [0.4, 0.5) is 5.13 Å². The minimum absolute atomic E-state index is 0.115. The van der Waals surface area contributed by atoms with Crippen LogP contribution < -0.4 is 14.4 Å². The fourth-order valence-corrected chi connectivity index (χ4v) is 4.25. The van der Waals surface area contributed by atoms with E-state index in [1.54, 1.807) is 30.3 Å². The zero-order valence-corrected chi connectivity index (χ0v) is 18.3. The van der Waals surface area contributed by atoms with Crippen LogP contribution in [0.2, 0.25) is 0 Å². The van der Waals surface area contributed by atoms with E-state index in [4.69, 9.17) is 14.5 Å². The molecule has 31 heavy (non-hydrogen) atoms. The average Bonchev–Trinajstić information content (AvgIpc) is 3.26. The lowest BCUT2D eigenvalue weighted by molar-refractivity contribution is -0.120. The van der Waals surface area contributed by atoms with Gasteiger partial charge in [0.1, 0.15) is 11.5 Å². The molecule has 0 aliphatic carbocycles. The molecule has 2 aromatic carbocycles. The van der Waals surface area contributed by atoms with Gasteiger partial charge in [-0.05, 0) is 42.3 Å². The fraction of sp³-hybridized carbons (Fsp3) is 0.208. The molecule has 0 aliphatic heterocycles. The molecule has 0 spiro atoms. The highest BCUT2D eigenvalue weighted by atomic mass is 32.1. The van der Waals surface area contributed by atoms with E-state index < -0.39 is 0 Å². The third kappa shape index (κ3) is 4.83. The first-order valence-electron chi connectivity index (χ1n) is 10.0. The van der Waals surface area contributed by atoms with E-state index >= 15 is 0 Å². The van der Waals surface area contributed by atoms with Gasteiger partial charge in [0, 0.05) is 12.3 Å². The number of rotatable bonds is 8. The van der Waals surface area contributed by atoms with Crippen molar-refractivity contribution in [2.75, 3.05) is 18.6 Å². The first-order valence-corrected chi connectivity index (χ1v) is 10.8. The number of fused-ring (bicyclic) bond motifs is 1. The minimum atomic E-state index is -0.189. The number of ether oxygens (including phenoxy) is 2. The molecule has 158 valence electrons. The predicted molar refractivity (Wildman–Crippen MR) is 123 cm³/mol. The van der Waals surface area contributed by atoms with Gasteiger partial charge >= 0.3 is 0 Å². The van der Waals surface area contributed by atoms with E-state index in [2.05, 4.69) is 18.0 Å². The highest BCUT2D eigenvalue weighted by Gasteiger charge is 2.22. The van der Waals surface area contributed by atoms with Crippen molar-refractivity contribution in [3.63, 3.8) is 0 Å². The second-order valence-electron chi connectivity index (χ2n) is 6.88. The van der Waals surface area contributed by atoms with Gasteiger partial charge in [0.2, 0.25) is 0 Å². The van der Waals surface area contributed by atoms with Gasteiger partial charge in [0.15, 0.2) is 11.7 Å². The maximum absolute atomic E-state index is 13.2. The number of nitrogens with zero attached hydrogens (tertiary/aromatic N) is 3. The maximum Gasteiger partial charge on any atom is 0.267 e. The van der Waals surface area contributed by atoms with Crippen molar-refractivity contribution in [2.24, 2.45) is 0 Å². The molecule has 0 atom stereocenters. The number of thiazole rings is 1. The van der Waals surface area contributed by atoms with Gasteiger partial charge in [-0.2, -0.15) is 0 Å². The number of carbonyl (C=O) groups is 1.